The zero-order valence-corrected chi connectivity index (χ0v) is 28.1. The fraction of sp³-hybridized carbons (Fsp3) is 0.679. The lowest BCUT2D eigenvalue weighted by atomic mass is 10.1. The molecule has 0 aliphatic carbocycles. The number of aliphatic hydroxyl groups is 3. The lowest BCUT2D eigenvalue weighted by Gasteiger charge is -2.32. The van der Waals surface area contributed by atoms with Crippen LogP contribution < -0.4 is 43.8 Å². The van der Waals surface area contributed by atoms with Crippen molar-refractivity contribution in [3.05, 3.63) is 0 Å². The van der Waals surface area contributed by atoms with E-state index in [-0.39, 0.29) is 38.3 Å². The Kier molecular flexibility index (Phi) is 18.2. The van der Waals surface area contributed by atoms with Gasteiger partial charge in [0.1, 0.15) is 30.2 Å². The predicted octanol–water partition coefficient (Wildman–Crippen LogP) is -7.27. The summed E-state index contributed by atoms with van der Waals surface area (Å²) < 4.78 is 0. The molecule has 1 fully saturated rings. The molecular weight excluding hydrogens is 684 g/mol. The molecule has 1 aliphatic rings. The van der Waals surface area contributed by atoms with Gasteiger partial charge in [-0.3, -0.25) is 38.6 Å². The first-order valence-corrected chi connectivity index (χ1v) is 15.8. The molecule has 0 aromatic rings. The number of nitrogens with zero attached hydrogens (tertiary/aromatic N) is 2. The van der Waals surface area contributed by atoms with Gasteiger partial charge in [0.05, 0.1) is 37.8 Å². The molecule has 0 saturated carbocycles. The maximum atomic E-state index is 13.6. The zero-order chi connectivity index (χ0) is 39.0. The first-order valence-electron chi connectivity index (χ1n) is 15.8. The summed E-state index contributed by atoms with van der Waals surface area (Å²) in [4.78, 5) is 105. The van der Waals surface area contributed by atoms with Crippen LogP contribution in [0.15, 0.2) is 4.99 Å². The van der Waals surface area contributed by atoms with Crippen LogP contribution in [-0.2, 0) is 38.4 Å². The van der Waals surface area contributed by atoms with Crippen LogP contribution in [0.1, 0.15) is 46.0 Å². The monoisotopic (exact) mass is 732 g/mol. The number of hydrogen-bond acceptors (Lipinski definition) is 13. The van der Waals surface area contributed by atoms with Gasteiger partial charge in [-0.2, -0.15) is 0 Å². The van der Waals surface area contributed by atoms with Crippen molar-refractivity contribution < 1.29 is 63.9 Å². The number of carboxylic acids is 2. The highest BCUT2D eigenvalue weighted by molar-refractivity contribution is 5.98. The molecule has 0 spiro atoms. The van der Waals surface area contributed by atoms with E-state index in [4.69, 9.17) is 22.3 Å². The fourth-order valence-electron chi connectivity index (χ4n) is 4.80. The first kappa shape index (κ1) is 43.9. The zero-order valence-electron chi connectivity index (χ0n) is 28.1. The number of carbonyl (C=O) groups excluding carboxylic acids is 6. The van der Waals surface area contributed by atoms with Crippen LogP contribution in [0.3, 0.4) is 0 Å². The summed E-state index contributed by atoms with van der Waals surface area (Å²) in [5, 5.41) is 58.9. The van der Waals surface area contributed by atoms with E-state index in [1.54, 1.807) is 0 Å². The van der Waals surface area contributed by atoms with Crippen LogP contribution in [0, 0.1) is 0 Å². The van der Waals surface area contributed by atoms with Gasteiger partial charge in [0.2, 0.25) is 35.4 Å². The molecule has 1 rings (SSSR count). The number of carbonyl (C=O) groups is 8. The summed E-state index contributed by atoms with van der Waals surface area (Å²) in [7, 11) is 0. The number of amides is 6. The summed E-state index contributed by atoms with van der Waals surface area (Å²) in [6.45, 7) is 0.730. The minimum Gasteiger partial charge on any atom is -0.481 e. The normalized spacial score (nSPS) is 18.0. The largest absolute Gasteiger partial charge is 0.481 e. The highest BCUT2D eigenvalue weighted by Gasteiger charge is 2.41. The minimum atomic E-state index is -1.79. The van der Waals surface area contributed by atoms with Crippen LogP contribution in [0.25, 0.3) is 0 Å². The van der Waals surface area contributed by atoms with Crippen molar-refractivity contribution >= 4 is 53.3 Å². The Morgan fingerprint density at radius 2 is 1.49 bits per heavy atom. The van der Waals surface area contributed by atoms with Gasteiger partial charge in [0.25, 0.3) is 0 Å². The Morgan fingerprint density at radius 3 is 2.02 bits per heavy atom. The van der Waals surface area contributed by atoms with Gasteiger partial charge in [-0.1, -0.05) is 0 Å². The van der Waals surface area contributed by atoms with Crippen molar-refractivity contribution in [1.82, 2.24) is 31.5 Å². The van der Waals surface area contributed by atoms with E-state index in [1.807, 2.05) is 5.32 Å². The van der Waals surface area contributed by atoms with Crippen LogP contribution in [0.4, 0.5) is 0 Å². The molecule has 51 heavy (non-hydrogen) atoms. The van der Waals surface area contributed by atoms with Crippen molar-refractivity contribution in [3.63, 3.8) is 0 Å². The topological polar surface area (TPSA) is 392 Å². The highest BCUT2D eigenvalue weighted by atomic mass is 16.4. The van der Waals surface area contributed by atoms with E-state index < -0.39 is 115 Å². The number of aliphatic carboxylic acids is 2. The Bertz CT molecular complexity index is 1310. The lowest BCUT2D eigenvalue weighted by molar-refractivity contribution is -0.146. The second kappa shape index (κ2) is 21.2. The molecule has 0 aromatic carbocycles. The second-order valence-corrected chi connectivity index (χ2v) is 11.7. The van der Waals surface area contributed by atoms with Crippen LogP contribution in [0.2, 0.25) is 0 Å². The molecule has 6 amide bonds. The van der Waals surface area contributed by atoms with Gasteiger partial charge in [-0.25, -0.2) is 4.79 Å². The number of hydrogen-bond donors (Lipinski definition) is 13. The van der Waals surface area contributed by atoms with Gasteiger partial charge >= 0.3 is 11.9 Å². The van der Waals surface area contributed by atoms with Crippen LogP contribution in [-0.4, -0.2) is 158 Å². The number of rotatable bonds is 21. The minimum absolute atomic E-state index is 0.0456. The molecule has 23 heteroatoms. The molecule has 0 aromatic heterocycles. The Hall–Kier alpha value is -5.13. The molecule has 16 N–H and O–H groups in total. The average molecular weight is 733 g/mol. The average Bonchev–Trinajstić information content (AvgIpc) is 3.54. The van der Waals surface area contributed by atoms with Gasteiger partial charge in [0.15, 0.2) is 5.96 Å². The number of guanidine groups is 1. The van der Waals surface area contributed by atoms with E-state index >= 15 is 0 Å². The van der Waals surface area contributed by atoms with Crippen LogP contribution >= 0.6 is 0 Å². The fourth-order valence-corrected chi connectivity index (χ4v) is 4.80. The number of aliphatic imine (C=N–C) groups is 1. The predicted molar refractivity (Wildman–Crippen MR) is 174 cm³/mol. The van der Waals surface area contributed by atoms with Crippen LogP contribution in [0.5, 0.6) is 0 Å². The number of carboxylic acid groups (broad SMARTS) is 2. The van der Waals surface area contributed by atoms with Crippen molar-refractivity contribution in [3.8, 4) is 0 Å². The van der Waals surface area contributed by atoms with E-state index in [1.165, 1.54) is 0 Å². The molecular formula is C28H48N10O13. The third-order valence-corrected chi connectivity index (χ3v) is 7.50. The second-order valence-electron chi connectivity index (χ2n) is 11.7. The van der Waals surface area contributed by atoms with Gasteiger partial charge in [0, 0.05) is 13.1 Å². The number of nitrogens with two attached hydrogens (primary N) is 3. The molecule has 1 saturated heterocycles. The quantitative estimate of drug-likeness (QED) is 0.0296. The summed E-state index contributed by atoms with van der Waals surface area (Å²) in [5.74, 6) is -9.22. The van der Waals surface area contributed by atoms with E-state index in [0.717, 1.165) is 18.7 Å². The van der Waals surface area contributed by atoms with Gasteiger partial charge in [-0.05, 0) is 39.5 Å². The smallest absolute Gasteiger partial charge is 0.328 e. The summed E-state index contributed by atoms with van der Waals surface area (Å²) in [6.07, 6.45) is -3.31. The summed E-state index contributed by atoms with van der Waals surface area (Å²) >= 11 is 0. The van der Waals surface area contributed by atoms with Gasteiger partial charge < -0.3 is 74.2 Å². The van der Waals surface area contributed by atoms with Crippen molar-refractivity contribution in [2.75, 3.05) is 26.2 Å². The van der Waals surface area contributed by atoms with E-state index in [9.17, 15) is 58.8 Å². The Morgan fingerprint density at radius 1 is 0.863 bits per heavy atom. The number of aliphatic hydroxyl groups excluding tert-OH is 3. The maximum absolute atomic E-state index is 13.6. The van der Waals surface area contributed by atoms with Crippen molar-refractivity contribution in [2.45, 2.75) is 94.4 Å². The third kappa shape index (κ3) is 14.7. The summed E-state index contributed by atoms with van der Waals surface area (Å²) in [6, 6.07) is -9.30. The number of nitrogens with one attached hydrogen (secondary N) is 5. The van der Waals surface area contributed by atoms with Gasteiger partial charge in [-0.15, -0.1) is 0 Å². The first-order chi connectivity index (χ1) is 23.8. The van der Waals surface area contributed by atoms with Crippen molar-refractivity contribution in [2.24, 2.45) is 22.2 Å². The van der Waals surface area contributed by atoms with Crippen molar-refractivity contribution in [1.29, 1.82) is 0 Å². The number of likely N-dealkylation sites (tertiary alicyclic amines) is 1. The summed E-state index contributed by atoms with van der Waals surface area (Å²) in [5.41, 5.74) is 16.2. The maximum Gasteiger partial charge on any atom is 0.328 e. The Balaban J connectivity index is 2.98. The molecule has 1 heterocycles. The lowest BCUT2D eigenvalue weighted by Crippen LogP contribution is -2.62. The van der Waals surface area contributed by atoms with E-state index in [0.29, 0.717) is 6.42 Å². The third-order valence-electron chi connectivity index (χ3n) is 7.50. The van der Waals surface area contributed by atoms with E-state index in [2.05, 4.69) is 26.3 Å². The highest BCUT2D eigenvalue weighted by Crippen LogP contribution is 2.20. The molecule has 23 nitrogen and oxygen atoms in total. The molecule has 288 valence electrons. The molecule has 8 atom stereocenters. The Labute approximate surface area is 291 Å². The molecule has 0 bridgehead atoms. The molecule has 0 unspecified atom stereocenters. The molecule has 0 radical (unpaired) electrons. The SMILES string of the molecule is C[C@@H](O)[C@H](NC(=O)[C@@H]1CCCN1C(=O)[C@@H](NC(=O)[C@H](CC(=O)O)NC(=O)CNC(=O)[C@@H](N)CCCN=C(N)N)[C@@H](C)O)C(=O)N[C@@H](CO)C(=O)O. The molecule has 1 aliphatic heterocycles. The standard InChI is InChI=1S/C28H48N10O13/c1-12(40)20(25(48)35-16(11-39)27(50)51)36-24(47)17-6-4-8-38(17)26(49)21(13(2)41)37-23(46)15(9-19(43)44)34-18(42)10-33-22(45)14(29)5-3-7-32-28(30)31/h12-17,20-21,39-41H,3-11,29H2,1-2H3,(H,33,45)(H,34,42)(H,35,48)(H,36,47)(H,37,46)(H,43,44)(H,50,51)(H4,30,31,32)/t12-,13-,14+,15+,16+,17+,20+,21+/m1/s1.